The van der Waals surface area contributed by atoms with Crippen molar-refractivity contribution in [2.45, 2.75) is 65.8 Å². The van der Waals surface area contributed by atoms with Crippen LogP contribution in [-0.2, 0) is 0 Å². The van der Waals surface area contributed by atoms with E-state index in [4.69, 9.17) is 4.42 Å². The second-order valence-corrected chi connectivity index (χ2v) is 5.29. The first-order valence-corrected chi connectivity index (χ1v) is 7.52. The van der Waals surface area contributed by atoms with Crippen LogP contribution < -0.4 is 5.32 Å². The van der Waals surface area contributed by atoms with Crippen molar-refractivity contribution in [3.63, 3.8) is 0 Å². The molecule has 1 aromatic heterocycles. The molecule has 0 saturated heterocycles. The van der Waals surface area contributed by atoms with Gasteiger partial charge in [-0.2, -0.15) is 0 Å². The Morgan fingerprint density at radius 3 is 2.42 bits per heavy atom. The van der Waals surface area contributed by atoms with Crippen molar-refractivity contribution in [2.75, 3.05) is 6.54 Å². The highest BCUT2D eigenvalue weighted by atomic mass is 16.3. The molecule has 1 aromatic rings. The Balaban J connectivity index is 2.63. The van der Waals surface area contributed by atoms with Crippen molar-refractivity contribution in [1.29, 1.82) is 0 Å². The lowest BCUT2D eigenvalue weighted by molar-refractivity contribution is 0.460. The molecular weight excluding hydrogens is 234 g/mol. The summed E-state index contributed by atoms with van der Waals surface area (Å²) in [4.78, 5) is 0. The minimum absolute atomic E-state index is 0.436. The first kappa shape index (κ1) is 16.0. The third kappa shape index (κ3) is 4.54. The fourth-order valence-corrected chi connectivity index (χ4v) is 2.73. The van der Waals surface area contributed by atoms with E-state index < -0.39 is 0 Å². The fourth-order valence-electron chi connectivity index (χ4n) is 2.73. The SMILES string of the molecule is C=CCCCCCC(NCC)c1c(C)oc(C)c1C. The average molecular weight is 263 g/mol. The van der Waals surface area contributed by atoms with Crippen molar-refractivity contribution in [3.05, 3.63) is 35.3 Å². The Morgan fingerprint density at radius 1 is 1.16 bits per heavy atom. The van der Waals surface area contributed by atoms with E-state index >= 15 is 0 Å². The molecule has 1 heterocycles. The van der Waals surface area contributed by atoms with Crippen LogP contribution in [0.15, 0.2) is 17.1 Å². The van der Waals surface area contributed by atoms with Crippen LogP contribution in [-0.4, -0.2) is 6.54 Å². The number of rotatable bonds is 9. The molecular formula is C17H29NO. The van der Waals surface area contributed by atoms with E-state index in [9.17, 15) is 0 Å². The zero-order valence-electron chi connectivity index (χ0n) is 13.0. The Hall–Kier alpha value is -1.02. The van der Waals surface area contributed by atoms with Gasteiger partial charge in [0.2, 0.25) is 0 Å². The molecule has 0 aromatic carbocycles. The summed E-state index contributed by atoms with van der Waals surface area (Å²) in [6, 6.07) is 0.436. The minimum Gasteiger partial charge on any atom is -0.466 e. The summed E-state index contributed by atoms with van der Waals surface area (Å²) >= 11 is 0. The quantitative estimate of drug-likeness (QED) is 0.501. The molecule has 0 aliphatic heterocycles. The lowest BCUT2D eigenvalue weighted by Crippen LogP contribution is -2.21. The number of hydrogen-bond acceptors (Lipinski definition) is 2. The Bertz CT molecular complexity index is 392. The Labute approximate surface area is 118 Å². The van der Waals surface area contributed by atoms with E-state index in [-0.39, 0.29) is 0 Å². The standard InChI is InChI=1S/C17H29NO/c1-6-8-9-10-11-12-16(18-7-2)17-13(3)14(4)19-15(17)5/h6,16,18H,1,7-12H2,2-5H3. The van der Waals surface area contributed by atoms with E-state index in [2.05, 4.69) is 39.6 Å². The van der Waals surface area contributed by atoms with Gasteiger partial charge in [-0.05, 0) is 52.1 Å². The summed E-state index contributed by atoms with van der Waals surface area (Å²) in [7, 11) is 0. The zero-order chi connectivity index (χ0) is 14.3. The second-order valence-electron chi connectivity index (χ2n) is 5.29. The van der Waals surface area contributed by atoms with E-state index in [0.29, 0.717) is 6.04 Å². The molecule has 0 spiro atoms. The van der Waals surface area contributed by atoms with Gasteiger partial charge in [0.1, 0.15) is 11.5 Å². The van der Waals surface area contributed by atoms with Gasteiger partial charge in [0.15, 0.2) is 0 Å². The number of unbranched alkanes of at least 4 members (excludes halogenated alkanes) is 3. The van der Waals surface area contributed by atoms with E-state index in [1.54, 1.807) is 0 Å². The van der Waals surface area contributed by atoms with E-state index in [1.807, 2.05) is 6.08 Å². The van der Waals surface area contributed by atoms with Crippen molar-refractivity contribution in [3.8, 4) is 0 Å². The first-order chi connectivity index (χ1) is 9.11. The van der Waals surface area contributed by atoms with Crippen molar-refractivity contribution in [1.82, 2.24) is 5.32 Å². The van der Waals surface area contributed by atoms with Crippen LogP contribution in [0.1, 0.15) is 67.7 Å². The number of nitrogens with one attached hydrogen (secondary N) is 1. The summed E-state index contributed by atoms with van der Waals surface area (Å²) in [5, 5.41) is 3.60. The van der Waals surface area contributed by atoms with Crippen LogP contribution in [0.4, 0.5) is 0 Å². The smallest absolute Gasteiger partial charge is 0.106 e. The molecule has 0 saturated carbocycles. The van der Waals surface area contributed by atoms with E-state index in [0.717, 1.165) is 24.5 Å². The molecule has 0 fully saturated rings. The van der Waals surface area contributed by atoms with Crippen molar-refractivity contribution < 1.29 is 4.42 Å². The topological polar surface area (TPSA) is 25.2 Å². The summed E-state index contributed by atoms with van der Waals surface area (Å²) in [6.45, 7) is 13.2. The average Bonchev–Trinajstić information content (AvgIpc) is 2.62. The predicted molar refractivity (Wildman–Crippen MR) is 82.6 cm³/mol. The molecule has 2 nitrogen and oxygen atoms in total. The number of furan rings is 1. The van der Waals surface area contributed by atoms with Crippen LogP contribution >= 0.6 is 0 Å². The second kappa shape index (κ2) is 8.21. The van der Waals surface area contributed by atoms with E-state index in [1.165, 1.54) is 36.8 Å². The van der Waals surface area contributed by atoms with Crippen LogP contribution in [0.25, 0.3) is 0 Å². The summed E-state index contributed by atoms with van der Waals surface area (Å²) < 4.78 is 5.76. The number of allylic oxidation sites excluding steroid dienone is 1. The maximum atomic E-state index is 5.76. The van der Waals surface area contributed by atoms with Gasteiger partial charge in [0.25, 0.3) is 0 Å². The molecule has 1 N–H and O–H groups in total. The van der Waals surface area contributed by atoms with Gasteiger partial charge in [-0.3, -0.25) is 0 Å². The fraction of sp³-hybridized carbons (Fsp3) is 0.647. The van der Waals surface area contributed by atoms with Crippen LogP contribution in [0.3, 0.4) is 0 Å². The summed E-state index contributed by atoms with van der Waals surface area (Å²) in [5.74, 6) is 2.13. The highest BCUT2D eigenvalue weighted by molar-refractivity contribution is 5.34. The third-order valence-corrected chi connectivity index (χ3v) is 3.82. The van der Waals surface area contributed by atoms with Gasteiger partial charge in [-0.1, -0.05) is 25.8 Å². The van der Waals surface area contributed by atoms with Crippen LogP contribution in [0, 0.1) is 20.8 Å². The van der Waals surface area contributed by atoms with Crippen molar-refractivity contribution >= 4 is 0 Å². The minimum atomic E-state index is 0.436. The Kier molecular flexibility index (Phi) is 6.93. The predicted octanol–water partition coefficient (Wildman–Crippen LogP) is 4.99. The first-order valence-electron chi connectivity index (χ1n) is 7.52. The maximum absolute atomic E-state index is 5.76. The molecule has 0 aliphatic carbocycles. The monoisotopic (exact) mass is 263 g/mol. The maximum Gasteiger partial charge on any atom is 0.106 e. The molecule has 0 radical (unpaired) electrons. The zero-order valence-corrected chi connectivity index (χ0v) is 13.0. The van der Waals surface area contributed by atoms with Crippen LogP contribution in [0.2, 0.25) is 0 Å². The molecule has 19 heavy (non-hydrogen) atoms. The number of aryl methyl sites for hydroxylation is 2. The summed E-state index contributed by atoms with van der Waals surface area (Å²) in [6.07, 6.45) is 8.12. The molecule has 108 valence electrons. The molecule has 1 rings (SSSR count). The number of hydrogen-bond donors (Lipinski definition) is 1. The normalized spacial score (nSPS) is 12.6. The van der Waals surface area contributed by atoms with Gasteiger partial charge in [-0.25, -0.2) is 0 Å². The highest BCUT2D eigenvalue weighted by Gasteiger charge is 2.19. The molecule has 1 atom stereocenters. The largest absolute Gasteiger partial charge is 0.466 e. The third-order valence-electron chi connectivity index (χ3n) is 3.82. The van der Waals surface area contributed by atoms with Gasteiger partial charge in [-0.15, -0.1) is 6.58 Å². The van der Waals surface area contributed by atoms with Gasteiger partial charge < -0.3 is 9.73 Å². The summed E-state index contributed by atoms with van der Waals surface area (Å²) in [5.41, 5.74) is 2.69. The van der Waals surface area contributed by atoms with Gasteiger partial charge in [0, 0.05) is 11.6 Å². The highest BCUT2D eigenvalue weighted by Crippen LogP contribution is 2.30. The molecule has 0 bridgehead atoms. The molecule has 0 amide bonds. The molecule has 0 aliphatic rings. The lowest BCUT2D eigenvalue weighted by Gasteiger charge is -2.18. The van der Waals surface area contributed by atoms with Crippen molar-refractivity contribution in [2.24, 2.45) is 0 Å². The van der Waals surface area contributed by atoms with Gasteiger partial charge >= 0.3 is 0 Å². The molecule has 2 heteroatoms. The molecule has 1 unspecified atom stereocenters. The van der Waals surface area contributed by atoms with Gasteiger partial charge in [0.05, 0.1) is 0 Å². The lowest BCUT2D eigenvalue weighted by atomic mass is 9.96. The Morgan fingerprint density at radius 2 is 1.89 bits per heavy atom. The van der Waals surface area contributed by atoms with Crippen LogP contribution in [0.5, 0.6) is 0 Å².